The molecule has 0 bridgehead atoms. The van der Waals surface area contributed by atoms with Gasteiger partial charge in [-0.05, 0) is 37.3 Å². The van der Waals surface area contributed by atoms with Crippen LogP contribution in [0.5, 0.6) is 11.5 Å². The van der Waals surface area contributed by atoms with Crippen LogP contribution in [0.1, 0.15) is 25.8 Å². The Morgan fingerprint density at radius 1 is 1.22 bits per heavy atom. The highest BCUT2D eigenvalue weighted by Crippen LogP contribution is 2.33. The van der Waals surface area contributed by atoms with Gasteiger partial charge in [-0.2, -0.15) is 0 Å². The first-order chi connectivity index (χ1) is 8.56. The SMILES string of the molecule is CC(N)CC(C)Cc1cc2c(cc1F)OCCO2. The minimum atomic E-state index is -0.226. The first kappa shape index (κ1) is 13.1. The maximum atomic E-state index is 13.9. The number of hydrogen-bond donors (Lipinski definition) is 1. The molecule has 0 aliphatic carbocycles. The molecule has 0 radical (unpaired) electrons. The van der Waals surface area contributed by atoms with Crippen LogP contribution in [0.15, 0.2) is 12.1 Å². The van der Waals surface area contributed by atoms with Crippen molar-refractivity contribution in [2.75, 3.05) is 13.2 Å². The van der Waals surface area contributed by atoms with Gasteiger partial charge in [0.1, 0.15) is 19.0 Å². The van der Waals surface area contributed by atoms with E-state index in [4.69, 9.17) is 15.2 Å². The minimum Gasteiger partial charge on any atom is -0.486 e. The number of halogens is 1. The summed E-state index contributed by atoms with van der Waals surface area (Å²) in [6.07, 6.45) is 1.55. The molecule has 0 fully saturated rings. The molecule has 2 atom stereocenters. The van der Waals surface area contributed by atoms with Crippen LogP contribution >= 0.6 is 0 Å². The van der Waals surface area contributed by atoms with E-state index in [2.05, 4.69) is 6.92 Å². The summed E-state index contributed by atoms with van der Waals surface area (Å²) in [6.45, 7) is 5.05. The molecule has 1 heterocycles. The third-order valence-corrected chi connectivity index (χ3v) is 3.05. The average molecular weight is 253 g/mol. The van der Waals surface area contributed by atoms with Gasteiger partial charge in [-0.15, -0.1) is 0 Å². The number of fused-ring (bicyclic) bond motifs is 1. The summed E-state index contributed by atoms with van der Waals surface area (Å²) in [7, 11) is 0. The van der Waals surface area contributed by atoms with Crippen molar-refractivity contribution in [3.8, 4) is 11.5 Å². The molecule has 2 unspecified atom stereocenters. The maximum Gasteiger partial charge on any atom is 0.164 e. The summed E-state index contributed by atoms with van der Waals surface area (Å²) in [6, 6.07) is 3.31. The van der Waals surface area contributed by atoms with E-state index in [9.17, 15) is 4.39 Å². The van der Waals surface area contributed by atoms with Gasteiger partial charge in [0, 0.05) is 12.1 Å². The normalized spacial score (nSPS) is 17.3. The monoisotopic (exact) mass is 253 g/mol. The number of hydrogen-bond acceptors (Lipinski definition) is 3. The third-order valence-electron chi connectivity index (χ3n) is 3.05. The second-order valence-electron chi connectivity index (χ2n) is 5.11. The molecule has 1 aliphatic heterocycles. The zero-order valence-electron chi connectivity index (χ0n) is 10.9. The van der Waals surface area contributed by atoms with Crippen LogP contribution in [-0.4, -0.2) is 19.3 Å². The minimum absolute atomic E-state index is 0.139. The standard InChI is InChI=1S/C14H20FNO2/c1-9(5-10(2)16)6-11-7-13-14(8-12(11)15)18-4-3-17-13/h7-10H,3-6,16H2,1-2H3. The molecule has 0 saturated heterocycles. The van der Waals surface area contributed by atoms with Gasteiger partial charge < -0.3 is 15.2 Å². The quantitative estimate of drug-likeness (QED) is 0.896. The fourth-order valence-electron chi connectivity index (χ4n) is 2.36. The summed E-state index contributed by atoms with van der Waals surface area (Å²) >= 11 is 0. The van der Waals surface area contributed by atoms with Gasteiger partial charge in [-0.25, -0.2) is 4.39 Å². The van der Waals surface area contributed by atoms with E-state index < -0.39 is 0 Å². The summed E-state index contributed by atoms with van der Waals surface area (Å²) in [4.78, 5) is 0. The van der Waals surface area contributed by atoms with Crippen LogP contribution in [0.3, 0.4) is 0 Å². The van der Waals surface area contributed by atoms with Crippen molar-refractivity contribution in [2.24, 2.45) is 11.7 Å². The Morgan fingerprint density at radius 2 is 1.83 bits per heavy atom. The fraction of sp³-hybridized carbons (Fsp3) is 0.571. The number of ether oxygens (including phenoxy) is 2. The Morgan fingerprint density at radius 3 is 2.44 bits per heavy atom. The Hall–Kier alpha value is -1.29. The smallest absolute Gasteiger partial charge is 0.164 e. The molecule has 1 aromatic rings. The van der Waals surface area contributed by atoms with Crippen LogP contribution in [0.2, 0.25) is 0 Å². The van der Waals surface area contributed by atoms with Crippen molar-refractivity contribution >= 4 is 0 Å². The maximum absolute atomic E-state index is 13.9. The lowest BCUT2D eigenvalue weighted by Gasteiger charge is -2.20. The van der Waals surface area contributed by atoms with Gasteiger partial charge in [-0.1, -0.05) is 6.92 Å². The van der Waals surface area contributed by atoms with Crippen LogP contribution in [-0.2, 0) is 6.42 Å². The predicted molar refractivity (Wildman–Crippen MR) is 68.5 cm³/mol. The third kappa shape index (κ3) is 3.13. The van der Waals surface area contributed by atoms with Crippen LogP contribution in [0.4, 0.5) is 4.39 Å². The number of benzene rings is 1. The highest BCUT2D eigenvalue weighted by Gasteiger charge is 2.17. The van der Waals surface area contributed by atoms with Gasteiger partial charge in [-0.3, -0.25) is 0 Å². The van der Waals surface area contributed by atoms with Crippen molar-refractivity contribution in [3.63, 3.8) is 0 Å². The fourth-order valence-corrected chi connectivity index (χ4v) is 2.36. The van der Waals surface area contributed by atoms with Crippen molar-refractivity contribution in [1.82, 2.24) is 0 Å². The van der Waals surface area contributed by atoms with E-state index in [1.165, 1.54) is 6.07 Å². The van der Waals surface area contributed by atoms with Crippen molar-refractivity contribution in [3.05, 3.63) is 23.5 Å². The van der Waals surface area contributed by atoms with E-state index >= 15 is 0 Å². The zero-order valence-corrected chi connectivity index (χ0v) is 10.9. The summed E-state index contributed by atoms with van der Waals surface area (Å²) in [5, 5.41) is 0. The van der Waals surface area contributed by atoms with Crippen LogP contribution < -0.4 is 15.2 Å². The molecule has 0 aromatic heterocycles. The highest BCUT2D eigenvalue weighted by atomic mass is 19.1. The van der Waals surface area contributed by atoms with E-state index in [0.29, 0.717) is 42.6 Å². The van der Waals surface area contributed by atoms with Gasteiger partial charge in [0.25, 0.3) is 0 Å². The van der Waals surface area contributed by atoms with Crippen molar-refractivity contribution in [2.45, 2.75) is 32.7 Å². The average Bonchev–Trinajstić information content (AvgIpc) is 2.29. The Labute approximate surface area is 107 Å². The molecule has 4 heteroatoms. The van der Waals surface area contributed by atoms with Gasteiger partial charge in [0.05, 0.1) is 0 Å². The molecule has 0 saturated carbocycles. The zero-order chi connectivity index (χ0) is 13.1. The first-order valence-electron chi connectivity index (χ1n) is 6.40. The molecule has 0 spiro atoms. The second kappa shape index (κ2) is 5.57. The van der Waals surface area contributed by atoms with Crippen molar-refractivity contribution in [1.29, 1.82) is 0 Å². The van der Waals surface area contributed by atoms with Gasteiger partial charge in [0.15, 0.2) is 11.5 Å². The topological polar surface area (TPSA) is 44.5 Å². The van der Waals surface area contributed by atoms with Gasteiger partial charge >= 0.3 is 0 Å². The van der Waals surface area contributed by atoms with E-state index in [1.54, 1.807) is 6.07 Å². The largest absolute Gasteiger partial charge is 0.486 e. The molecule has 0 amide bonds. The molecule has 1 aliphatic rings. The predicted octanol–water partition coefficient (Wildman–Crippen LogP) is 2.51. The van der Waals surface area contributed by atoms with Crippen LogP contribution in [0.25, 0.3) is 0 Å². The molecule has 100 valence electrons. The van der Waals surface area contributed by atoms with Crippen LogP contribution in [0, 0.1) is 11.7 Å². The number of nitrogens with two attached hydrogens (primary N) is 1. The summed E-state index contributed by atoms with van der Waals surface area (Å²) in [5.41, 5.74) is 6.43. The Bertz CT molecular complexity index is 421. The lowest BCUT2D eigenvalue weighted by molar-refractivity contribution is 0.170. The van der Waals surface area contributed by atoms with E-state index in [0.717, 1.165) is 6.42 Å². The highest BCUT2D eigenvalue weighted by molar-refractivity contribution is 5.44. The lowest BCUT2D eigenvalue weighted by atomic mass is 9.94. The van der Waals surface area contributed by atoms with E-state index in [-0.39, 0.29) is 11.9 Å². The molecular formula is C14H20FNO2. The summed E-state index contributed by atoms with van der Waals surface area (Å²) < 4.78 is 24.7. The lowest BCUT2D eigenvalue weighted by Crippen LogP contribution is -2.20. The molecule has 18 heavy (non-hydrogen) atoms. The first-order valence-corrected chi connectivity index (χ1v) is 6.40. The molecule has 1 aromatic carbocycles. The molecular weight excluding hydrogens is 233 g/mol. The Balaban J connectivity index is 2.13. The summed E-state index contributed by atoms with van der Waals surface area (Å²) in [5.74, 6) is 1.27. The number of rotatable bonds is 4. The molecule has 3 nitrogen and oxygen atoms in total. The van der Waals surface area contributed by atoms with Gasteiger partial charge in [0.2, 0.25) is 0 Å². The molecule has 2 rings (SSSR count). The van der Waals surface area contributed by atoms with Crippen molar-refractivity contribution < 1.29 is 13.9 Å². The molecule has 2 N–H and O–H groups in total. The second-order valence-corrected chi connectivity index (χ2v) is 5.11. The Kier molecular flexibility index (Phi) is 4.07. The van der Waals surface area contributed by atoms with E-state index in [1.807, 2.05) is 6.92 Å².